The zero-order valence-electron chi connectivity index (χ0n) is 13.0. The zero-order valence-corrected chi connectivity index (χ0v) is 13.0. The Hall–Kier alpha value is -2.01. The third-order valence-electron chi connectivity index (χ3n) is 4.04. The minimum atomic E-state index is -0.209. The summed E-state index contributed by atoms with van der Waals surface area (Å²) in [6.07, 6.45) is 4.08. The van der Waals surface area contributed by atoms with Crippen molar-refractivity contribution in [2.45, 2.75) is 24.8 Å². The third-order valence-corrected chi connectivity index (χ3v) is 4.04. The fourth-order valence-corrected chi connectivity index (χ4v) is 2.56. The van der Waals surface area contributed by atoms with Crippen LogP contribution in [0, 0.1) is 5.82 Å². The fourth-order valence-electron chi connectivity index (χ4n) is 2.56. The highest BCUT2D eigenvalue weighted by molar-refractivity contribution is 5.37. The second-order valence-corrected chi connectivity index (χ2v) is 6.01. The lowest BCUT2D eigenvalue weighted by Crippen LogP contribution is -2.27. The van der Waals surface area contributed by atoms with E-state index in [0.29, 0.717) is 12.5 Å². The van der Waals surface area contributed by atoms with Crippen LogP contribution in [0.2, 0.25) is 0 Å². The van der Waals surface area contributed by atoms with Crippen LogP contribution in [0.5, 0.6) is 0 Å². The molecule has 0 spiro atoms. The Balaban J connectivity index is 1.69. The molecule has 1 heterocycles. The average Bonchev–Trinajstić information content (AvgIpc) is 3.34. The highest BCUT2D eigenvalue weighted by Crippen LogP contribution is 2.39. The molecule has 1 saturated carbocycles. The van der Waals surface area contributed by atoms with Gasteiger partial charge in [0, 0.05) is 24.2 Å². The van der Waals surface area contributed by atoms with Crippen LogP contribution >= 0.6 is 0 Å². The highest BCUT2D eigenvalue weighted by Gasteiger charge is 2.25. The second-order valence-electron chi connectivity index (χ2n) is 6.01. The molecular weight excluding hydrogens is 279 g/mol. The number of nitrogens with one attached hydrogen (secondary N) is 1. The summed E-state index contributed by atoms with van der Waals surface area (Å²) < 4.78 is 13.1. The molecule has 3 rings (SSSR count). The number of benzene rings is 1. The first-order valence-corrected chi connectivity index (χ1v) is 7.61. The Kier molecular flexibility index (Phi) is 4.34. The Labute approximate surface area is 130 Å². The van der Waals surface area contributed by atoms with Crippen LogP contribution in [0.3, 0.4) is 0 Å². The van der Waals surface area contributed by atoms with Gasteiger partial charge in [-0.05, 0) is 44.6 Å². The van der Waals surface area contributed by atoms with Crippen molar-refractivity contribution in [1.29, 1.82) is 0 Å². The predicted octanol–water partition coefficient (Wildman–Crippen LogP) is 3.21. The minimum absolute atomic E-state index is 0.153. The van der Waals surface area contributed by atoms with Crippen molar-refractivity contribution in [3.8, 4) is 0 Å². The molecule has 1 N–H and O–H groups in total. The molecule has 2 aromatic rings. The normalized spacial score (nSPS) is 15.8. The van der Waals surface area contributed by atoms with Crippen molar-refractivity contribution in [2.75, 3.05) is 26.0 Å². The van der Waals surface area contributed by atoms with E-state index in [9.17, 15) is 4.39 Å². The molecule has 0 unspecified atom stereocenters. The average molecular weight is 300 g/mol. The van der Waals surface area contributed by atoms with Gasteiger partial charge >= 0.3 is 0 Å². The maximum Gasteiger partial charge on any atom is 0.129 e. The molecule has 1 aromatic heterocycles. The van der Waals surface area contributed by atoms with E-state index in [-0.39, 0.29) is 11.9 Å². The lowest BCUT2D eigenvalue weighted by atomic mass is 10.1. The van der Waals surface area contributed by atoms with Crippen LogP contribution in [0.1, 0.15) is 36.1 Å². The summed E-state index contributed by atoms with van der Waals surface area (Å²) in [5.74, 6) is 1.26. The number of anilines is 1. The van der Waals surface area contributed by atoms with Gasteiger partial charge in [0.2, 0.25) is 0 Å². The van der Waals surface area contributed by atoms with Crippen LogP contribution in [-0.4, -0.2) is 35.5 Å². The molecule has 0 amide bonds. The molecule has 1 atom stereocenters. The standard InChI is InChI=1S/C17H21FN4/c1-22(2)16(13-5-7-14(18)8-6-13)10-19-17-9-15(12-3-4-12)20-11-21-17/h5-9,11-12,16H,3-4,10H2,1-2H3,(H,19,20,21)/t16-/m0/s1. The van der Waals surface area contributed by atoms with Gasteiger partial charge in [-0.15, -0.1) is 0 Å². The highest BCUT2D eigenvalue weighted by atomic mass is 19.1. The van der Waals surface area contributed by atoms with E-state index in [2.05, 4.69) is 20.2 Å². The molecule has 1 fully saturated rings. The molecule has 22 heavy (non-hydrogen) atoms. The molecule has 1 aliphatic rings. The van der Waals surface area contributed by atoms with E-state index < -0.39 is 0 Å². The summed E-state index contributed by atoms with van der Waals surface area (Å²) in [6.45, 7) is 0.708. The van der Waals surface area contributed by atoms with E-state index in [1.807, 2.05) is 32.3 Å². The van der Waals surface area contributed by atoms with Gasteiger partial charge in [0.15, 0.2) is 0 Å². The van der Waals surface area contributed by atoms with Gasteiger partial charge in [-0.25, -0.2) is 14.4 Å². The first kappa shape index (κ1) is 14.9. The topological polar surface area (TPSA) is 41.0 Å². The summed E-state index contributed by atoms with van der Waals surface area (Å²) in [4.78, 5) is 10.7. The smallest absolute Gasteiger partial charge is 0.129 e. The molecule has 1 aliphatic carbocycles. The Bertz CT molecular complexity index is 623. The maximum atomic E-state index is 13.1. The molecule has 1 aromatic carbocycles. The van der Waals surface area contributed by atoms with Crippen molar-refractivity contribution in [1.82, 2.24) is 14.9 Å². The Morgan fingerprint density at radius 1 is 1.23 bits per heavy atom. The van der Waals surface area contributed by atoms with Crippen molar-refractivity contribution in [3.63, 3.8) is 0 Å². The van der Waals surface area contributed by atoms with Crippen LogP contribution < -0.4 is 5.32 Å². The molecule has 4 nitrogen and oxygen atoms in total. The van der Waals surface area contributed by atoms with Crippen molar-refractivity contribution >= 4 is 5.82 Å². The van der Waals surface area contributed by atoms with E-state index in [0.717, 1.165) is 17.1 Å². The van der Waals surface area contributed by atoms with Crippen LogP contribution in [0.4, 0.5) is 10.2 Å². The SMILES string of the molecule is CN(C)[C@@H](CNc1cc(C2CC2)ncn1)c1ccc(F)cc1. The van der Waals surface area contributed by atoms with Gasteiger partial charge in [-0.1, -0.05) is 12.1 Å². The monoisotopic (exact) mass is 300 g/mol. The zero-order chi connectivity index (χ0) is 15.5. The van der Waals surface area contributed by atoms with Gasteiger partial charge < -0.3 is 10.2 Å². The maximum absolute atomic E-state index is 13.1. The number of hydrogen-bond donors (Lipinski definition) is 1. The number of hydrogen-bond acceptors (Lipinski definition) is 4. The van der Waals surface area contributed by atoms with E-state index in [1.165, 1.54) is 25.0 Å². The summed E-state index contributed by atoms with van der Waals surface area (Å²) in [5, 5.41) is 3.38. The lowest BCUT2D eigenvalue weighted by Gasteiger charge is -2.25. The number of likely N-dealkylation sites (N-methyl/N-ethyl adjacent to an activating group) is 1. The molecule has 0 radical (unpaired) electrons. The lowest BCUT2D eigenvalue weighted by molar-refractivity contribution is 0.311. The third kappa shape index (κ3) is 3.60. The minimum Gasteiger partial charge on any atom is -0.368 e. The van der Waals surface area contributed by atoms with Crippen LogP contribution in [-0.2, 0) is 0 Å². The predicted molar refractivity (Wildman–Crippen MR) is 85.3 cm³/mol. The summed E-state index contributed by atoms with van der Waals surface area (Å²) in [6, 6.07) is 8.85. The summed E-state index contributed by atoms with van der Waals surface area (Å²) >= 11 is 0. The van der Waals surface area contributed by atoms with Crippen LogP contribution in [0.25, 0.3) is 0 Å². The van der Waals surface area contributed by atoms with Crippen molar-refractivity contribution in [3.05, 3.63) is 53.7 Å². The molecule has 5 heteroatoms. The summed E-state index contributed by atoms with van der Waals surface area (Å²) in [7, 11) is 4.04. The molecule has 0 bridgehead atoms. The van der Waals surface area contributed by atoms with Gasteiger partial charge in [-0.3, -0.25) is 0 Å². The number of nitrogens with zero attached hydrogens (tertiary/aromatic N) is 3. The van der Waals surface area contributed by atoms with Crippen LogP contribution in [0.15, 0.2) is 36.7 Å². The Morgan fingerprint density at radius 2 is 1.95 bits per heavy atom. The van der Waals surface area contributed by atoms with Gasteiger partial charge in [0.25, 0.3) is 0 Å². The molecule has 116 valence electrons. The van der Waals surface area contributed by atoms with E-state index in [1.54, 1.807) is 6.33 Å². The number of aromatic nitrogens is 2. The van der Waals surface area contributed by atoms with Gasteiger partial charge in [0.05, 0.1) is 6.04 Å². The summed E-state index contributed by atoms with van der Waals surface area (Å²) in [5.41, 5.74) is 2.20. The fraction of sp³-hybridized carbons (Fsp3) is 0.412. The molecular formula is C17H21FN4. The van der Waals surface area contributed by atoms with E-state index in [4.69, 9.17) is 0 Å². The Morgan fingerprint density at radius 3 is 2.59 bits per heavy atom. The van der Waals surface area contributed by atoms with Crippen molar-refractivity contribution in [2.24, 2.45) is 0 Å². The number of rotatable bonds is 6. The molecule has 0 aliphatic heterocycles. The number of halogens is 1. The largest absolute Gasteiger partial charge is 0.368 e. The quantitative estimate of drug-likeness (QED) is 0.889. The molecule has 0 saturated heterocycles. The van der Waals surface area contributed by atoms with Gasteiger partial charge in [0.1, 0.15) is 18.0 Å². The van der Waals surface area contributed by atoms with E-state index >= 15 is 0 Å². The second kappa shape index (κ2) is 6.40. The first-order chi connectivity index (χ1) is 10.6. The van der Waals surface area contributed by atoms with Crippen molar-refractivity contribution < 1.29 is 4.39 Å². The first-order valence-electron chi connectivity index (χ1n) is 7.61. The van der Waals surface area contributed by atoms with Gasteiger partial charge in [-0.2, -0.15) is 0 Å².